The second kappa shape index (κ2) is 8.99. The summed E-state index contributed by atoms with van der Waals surface area (Å²) in [5.41, 5.74) is 5.38. The van der Waals surface area contributed by atoms with Crippen LogP contribution < -0.4 is 5.32 Å². The van der Waals surface area contributed by atoms with Crippen LogP contribution in [-0.4, -0.2) is 26.5 Å². The van der Waals surface area contributed by atoms with E-state index in [-0.39, 0.29) is 0 Å². The summed E-state index contributed by atoms with van der Waals surface area (Å²) in [7, 11) is 0. The molecule has 1 aliphatic rings. The molecule has 6 nitrogen and oxygen atoms in total. The molecule has 5 aromatic rings. The lowest BCUT2D eigenvalue weighted by molar-refractivity contribution is 0.568. The fraction of sp³-hybridized carbons (Fsp3) is 0.259. The second-order valence-corrected chi connectivity index (χ2v) is 10.0. The fourth-order valence-corrected chi connectivity index (χ4v) is 5.00. The van der Waals surface area contributed by atoms with Crippen LogP contribution in [0.15, 0.2) is 65.7 Å². The number of fused-ring (bicyclic) bond motifs is 1. The average molecular weight is 468 g/mol. The van der Waals surface area contributed by atoms with E-state index in [9.17, 15) is 0 Å². The van der Waals surface area contributed by atoms with Crippen molar-refractivity contribution < 1.29 is 4.42 Å². The summed E-state index contributed by atoms with van der Waals surface area (Å²) in [4.78, 5) is 20.9. The van der Waals surface area contributed by atoms with E-state index < -0.39 is 0 Å². The maximum atomic E-state index is 5.22. The first kappa shape index (κ1) is 21.0. The van der Waals surface area contributed by atoms with E-state index in [0.29, 0.717) is 11.7 Å². The smallest absolute Gasteiger partial charge is 0.166 e. The van der Waals surface area contributed by atoms with Crippen molar-refractivity contribution in [1.29, 1.82) is 0 Å². The first-order valence-corrected chi connectivity index (χ1v) is 12.5. The summed E-state index contributed by atoms with van der Waals surface area (Å²) in [6.45, 7) is 2.94. The molecule has 0 spiro atoms. The Hall–Kier alpha value is -3.58. The van der Waals surface area contributed by atoms with Crippen LogP contribution >= 0.6 is 11.3 Å². The van der Waals surface area contributed by atoms with Crippen LogP contribution in [0.4, 0.5) is 5.82 Å². The molecule has 34 heavy (non-hydrogen) atoms. The predicted molar refractivity (Wildman–Crippen MR) is 136 cm³/mol. The molecule has 1 aromatic carbocycles. The molecule has 4 heterocycles. The van der Waals surface area contributed by atoms with Gasteiger partial charge in [0.1, 0.15) is 16.9 Å². The van der Waals surface area contributed by atoms with Crippen molar-refractivity contribution in [3.8, 4) is 22.6 Å². The van der Waals surface area contributed by atoms with E-state index in [1.54, 1.807) is 23.9 Å². The van der Waals surface area contributed by atoms with Gasteiger partial charge in [-0.2, -0.15) is 0 Å². The van der Waals surface area contributed by atoms with Gasteiger partial charge in [-0.05, 0) is 50.3 Å². The van der Waals surface area contributed by atoms with Gasteiger partial charge in [0.05, 0.1) is 34.8 Å². The third kappa shape index (κ3) is 4.43. The Labute approximate surface area is 202 Å². The third-order valence-corrected chi connectivity index (χ3v) is 7.09. The zero-order chi connectivity index (χ0) is 22.9. The molecule has 0 amide bonds. The molecular formula is C27H25N5OS. The molecule has 0 unspecified atom stereocenters. The van der Waals surface area contributed by atoms with Crippen LogP contribution in [0.3, 0.4) is 0 Å². The lowest BCUT2D eigenvalue weighted by atomic mass is 10.1. The Kier molecular flexibility index (Phi) is 5.55. The third-order valence-electron chi connectivity index (χ3n) is 6.15. The van der Waals surface area contributed by atoms with Gasteiger partial charge in [0.2, 0.25) is 0 Å². The zero-order valence-corrected chi connectivity index (χ0v) is 19.8. The fourth-order valence-electron chi connectivity index (χ4n) is 4.12. The quantitative estimate of drug-likeness (QED) is 0.258. The molecule has 1 fully saturated rings. The van der Waals surface area contributed by atoms with Gasteiger partial charge in [-0.3, -0.25) is 9.97 Å². The van der Waals surface area contributed by atoms with Gasteiger partial charge in [0.15, 0.2) is 5.82 Å². The summed E-state index contributed by atoms with van der Waals surface area (Å²) < 4.78 is 5.22. The number of anilines is 1. The van der Waals surface area contributed by atoms with Gasteiger partial charge in [-0.1, -0.05) is 24.3 Å². The highest BCUT2D eigenvalue weighted by Gasteiger charge is 2.25. The Morgan fingerprint density at radius 3 is 2.65 bits per heavy atom. The maximum Gasteiger partial charge on any atom is 0.166 e. The topological polar surface area (TPSA) is 76.7 Å². The van der Waals surface area contributed by atoms with Crippen LogP contribution in [0.25, 0.3) is 32.9 Å². The average Bonchev–Trinajstić information content (AvgIpc) is 3.42. The number of furan rings is 1. The van der Waals surface area contributed by atoms with Gasteiger partial charge < -0.3 is 9.73 Å². The Balaban J connectivity index is 1.09. The number of hydrogen-bond donors (Lipinski definition) is 1. The van der Waals surface area contributed by atoms with E-state index in [1.165, 1.54) is 23.3 Å². The lowest BCUT2D eigenvalue weighted by Gasteiger charge is -2.09. The number of rotatable bonds is 8. The molecule has 0 radical (unpaired) electrons. The predicted octanol–water partition coefficient (Wildman–Crippen LogP) is 6.64. The SMILES string of the molecule is Cc1cc2c(NCCCc3ccc(-c4cnc(C5CC5)cn4)cc3)nc(-c3ccoc3)nc2s1. The minimum absolute atomic E-state index is 0.636. The van der Waals surface area contributed by atoms with Gasteiger partial charge in [0, 0.05) is 29.1 Å². The Bertz CT molecular complexity index is 1400. The molecule has 6 rings (SSSR count). The van der Waals surface area contributed by atoms with Crippen molar-refractivity contribution in [3.05, 3.63) is 77.5 Å². The number of nitrogens with one attached hydrogen (secondary N) is 1. The normalized spacial score (nSPS) is 13.4. The van der Waals surface area contributed by atoms with Gasteiger partial charge in [0.25, 0.3) is 0 Å². The van der Waals surface area contributed by atoms with Crippen molar-refractivity contribution >= 4 is 27.4 Å². The van der Waals surface area contributed by atoms with Crippen molar-refractivity contribution in [2.45, 2.75) is 38.5 Å². The van der Waals surface area contributed by atoms with Crippen molar-refractivity contribution in [1.82, 2.24) is 19.9 Å². The highest BCUT2D eigenvalue weighted by Crippen LogP contribution is 2.38. The van der Waals surface area contributed by atoms with Gasteiger partial charge in [-0.25, -0.2) is 9.97 Å². The van der Waals surface area contributed by atoms with E-state index >= 15 is 0 Å². The number of hydrogen-bond acceptors (Lipinski definition) is 7. The standard InChI is InChI=1S/C27H25N5OS/c1-17-13-22-26(31-25(32-27(22)34-17)21-10-12-33-16-21)28-11-2-3-18-4-6-19(7-5-18)23-14-30-24(15-29-23)20-8-9-20/h4-7,10,12-16,20H,2-3,8-9,11H2,1H3,(H,28,31,32). The van der Waals surface area contributed by atoms with Crippen LogP contribution in [-0.2, 0) is 6.42 Å². The number of aryl methyl sites for hydroxylation is 2. The zero-order valence-electron chi connectivity index (χ0n) is 19.0. The van der Waals surface area contributed by atoms with Crippen molar-refractivity contribution in [2.75, 3.05) is 11.9 Å². The molecule has 4 aromatic heterocycles. The maximum absolute atomic E-state index is 5.22. The minimum atomic E-state index is 0.636. The summed E-state index contributed by atoms with van der Waals surface area (Å²) in [5.74, 6) is 2.21. The first-order valence-electron chi connectivity index (χ1n) is 11.7. The van der Waals surface area contributed by atoms with Gasteiger partial charge in [-0.15, -0.1) is 11.3 Å². The van der Waals surface area contributed by atoms with E-state index in [4.69, 9.17) is 14.4 Å². The molecular weight excluding hydrogens is 442 g/mol. The molecule has 7 heteroatoms. The van der Waals surface area contributed by atoms with Gasteiger partial charge >= 0.3 is 0 Å². The van der Waals surface area contributed by atoms with E-state index in [2.05, 4.69) is 52.5 Å². The highest BCUT2D eigenvalue weighted by atomic mass is 32.1. The summed E-state index contributed by atoms with van der Waals surface area (Å²) in [6, 6.07) is 12.7. The number of benzene rings is 1. The molecule has 170 valence electrons. The second-order valence-electron chi connectivity index (χ2n) is 8.81. The number of aromatic nitrogens is 4. The van der Waals surface area contributed by atoms with Crippen LogP contribution in [0, 0.1) is 6.92 Å². The number of thiophene rings is 1. The summed E-state index contributed by atoms with van der Waals surface area (Å²) in [6.07, 6.45) is 11.7. The molecule has 1 aliphatic carbocycles. The first-order chi connectivity index (χ1) is 16.7. The summed E-state index contributed by atoms with van der Waals surface area (Å²) in [5, 5.41) is 4.61. The monoisotopic (exact) mass is 467 g/mol. The van der Waals surface area contributed by atoms with Crippen LogP contribution in [0.5, 0.6) is 0 Å². The van der Waals surface area contributed by atoms with E-state index in [0.717, 1.165) is 57.9 Å². The molecule has 0 aliphatic heterocycles. The lowest BCUT2D eigenvalue weighted by Crippen LogP contribution is -2.06. The van der Waals surface area contributed by atoms with Crippen molar-refractivity contribution in [2.24, 2.45) is 0 Å². The highest BCUT2D eigenvalue weighted by molar-refractivity contribution is 7.18. The van der Waals surface area contributed by atoms with Crippen LogP contribution in [0.1, 0.15) is 41.3 Å². The molecule has 0 atom stereocenters. The Morgan fingerprint density at radius 1 is 1.03 bits per heavy atom. The molecule has 0 saturated heterocycles. The van der Waals surface area contributed by atoms with Crippen LogP contribution in [0.2, 0.25) is 0 Å². The van der Waals surface area contributed by atoms with E-state index in [1.807, 2.05) is 18.5 Å². The number of nitrogens with zero attached hydrogens (tertiary/aromatic N) is 4. The molecule has 0 bridgehead atoms. The Morgan fingerprint density at radius 2 is 1.91 bits per heavy atom. The molecule has 1 N–H and O–H groups in total. The molecule has 1 saturated carbocycles. The minimum Gasteiger partial charge on any atom is -0.472 e. The van der Waals surface area contributed by atoms with Crippen molar-refractivity contribution in [3.63, 3.8) is 0 Å². The summed E-state index contributed by atoms with van der Waals surface area (Å²) >= 11 is 1.69. The largest absolute Gasteiger partial charge is 0.472 e.